The van der Waals surface area contributed by atoms with Gasteiger partial charge >= 0.3 is 0 Å². The number of rotatable bonds is 5. The predicted molar refractivity (Wildman–Crippen MR) is 77.9 cm³/mol. The molecule has 20 heavy (non-hydrogen) atoms. The van der Waals surface area contributed by atoms with E-state index in [1.165, 1.54) is 12.1 Å². The van der Waals surface area contributed by atoms with Crippen molar-refractivity contribution in [3.05, 3.63) is 64.2 Å². The highest BCUT2D eigenvalue weighted by Crippen LogP contribution is 2.26. The van der Waals surface area contributed by atoms with E-state index in [1.54, 1.807) is 24.3 Å². The van der Waals surface area contributed by atoms with Crippen LogP contribution in [0.1, 0.15) is 24.9 Å². The quantitative estimate of drug-likeness (QED) is 0.640. The second-order valence-corrected chi connectivity index (χ2v) is 4.50. The highest BCUT2D eigenvalue weighted by Gasteiger charge is 2.11. The number of nitro groups is 1. The lowest BCUT2D eigenvalue weighted by molar-refractivity contribution is -0.384. The lowest BCUT2D eigenvalue weighted by Gasteiger charge is -2.18. The van der Waals surface area contributed by atoms with Gasteiger partial charge in [0, 0.05) is 17.8 Å². The van der Waals surface area contributed by atoms with E-state index in [-0.39, 0.29) is 17.5 Å². The molecule has 2 aromatic rings. The molecular formula is C15H16N2O3. The van der Waals surface area contributed by atoms with Gasteiger partial charge in [-0.2, -0.15) is 0 Å². The largest absolute Gasteiger partial charge is 0.508 e. The van der Waals surface area contributed by atoms with Crippen LogP contribution in [0.4, 0.5) is 11.4 Å². The minimum absolute atomic E-state index is 0.0394. The molecule has 5 heteroatoms. The Morgan fingerprint density at radius 3 is 2.55 bits per heavy atom. The first kappa shape index (κ1) is 13.9. The fourth-order valence-electron chi connectivity index (χ4n) is 2.04. The van der Waals surface area contributed by atoms with E-state index in [2.05, 4.69) is 5.32 Å². The van der Waals surface area contributed by atoms with Crippen molar-refractivity contribution in [2.24, 2.45) is 0 Å². The number of benzene rings is 2. The maximum absolute atomic E-state index is 10.8. The summed E-state index contributed by atoms with van der Waals surface area (Å²) in [4.78, 5) is 10.4. The average molecular weight is 272 g/mol. The monoisotopic (exact) mass is 272 g/mol. The summed E-state index contributed by atoms with van der Waals surface area (Å²) in [5.74, 6) is 0.221. The molecule has 0 aromatic heterocycles. The van der Waals surface area contributed by atoms with Crippen LogP contribution in [0, 0.1) is 10.1 Å². The maximum Gasteiger partial charge on any atom is 0.271 e. The lowest BCUT2D eigenvalue weighted by Crippen LogP contribution is -2.09. The van der Waals surface area contributed by atoms with Gasteiger partial charge in [0.1, 0.15) is 5.75 Å². The number of hydrogen-bond acceptors (Lipinski definition) is 4. The Kier molecular flexibility index (Phi) is 4.20. The van der Waals surface area contributed by atoms with Gasteiger partial charge in [0.2, 0.25) is 0 Å². The first-order valence-electron chi connectivity index (χ1n) is 6.40. The summed E-state index contributed by atoms with van der Waals surface area (Å²) in [7, 11) is 0. The first-order valence-corrected chi connectivity index (χ1v) is 6.40. The normalized spacial score (nSPS) is 11.8. The van der Waals surface area contributed by atoms with Crippen LogP contribution in [-0.2, 0) is 0 Å². The molecule has 0 saturated heterocycles. The Morgan fingerprint density at radius 1 is 1.25 bits per heavy atom. The van der Waals surface area contributed by atoms with Crippen LogP contribution in [0.3, 0.4) is 0 Å². The summed E-state index contributed by atoms with van der Waals surface area (Å²) in [6, 6.07) is 13.4. The second-order valence-electron chi connectivity index (χ2n) is 4.50. The molecule has 1 unspecified atom stereocenters. The molecule has 0 heterocycles. The molecule has 1 atom stereocenters. The molecule has 2 N–H and O–H groups in total. The number of hydrogen-bond donors (Lipinski definition) is 2. The molecule has 0 fully saturated rings. The zero-order valence-electron chi connectivity index (χ0n) is 11.1. The zero-order valence-corrected chi connectivity index (χ0v) is 11.1. The Labute approximate surface area is 117 Å². The summed E-state index contributed by atoms with van der Waals surface area (Å²) in [5, 5.41) is 23.3. The van der Waals surface area contributed by atoms with E-state index in [1.807, 2.05) is 19.1 Å². The molecule has 2 rings (SSSR count). The van der Waals surface area contributed by atoms with Gasteiger partial charge in [0.15, 0.2) is 0 Å². The Balaban J connectivity index is 2.19. The maximum atomic E-state index is 10.8. The van der Waals surface area contributed by atoms with Crippen LogP contribution in [0.2, 0.25) is 0 Å². The van der Waals surface area contributed by atoms with E-state index >= 15 is 0 Å². The molecule has 0 spiro atoms. The van der Waals surface area contributed by atoms with Crippen molar-refractivity contribution in [2.75, 3.05) is 5.32 Å². The summed E-state index contributed by atoms with van der Waals surface area (Å²) in [6.07, 6.45) is 0.827. The van der Waals surface area contributed by atoms with Gasteiger partial charge in [-0.1, -0.05) is 25.1 Å². The van der Waals surface area contributed by atoms with Gasteiger partial charge < -0.3 is 10.4 Å². The van der Waals surface area contributed by atoms with Gasteiger partial charge in [-0.05, 0) is 30.2 Å². The molecule has 0 aliphatic heterocycles. The highest BCUT2D eigenvalue weighted by atomic mass is 16.6. The minimum atomic E-state index is -0.410. The fourth-order valence-corrected chi connectivity index (χ4v) is 2.04. The van der Waals surface area contributed by atoms with Crippen molar-refractivity contribution < 1.29 is 10.0 Å². The standard InChI is InChI=1S/C15H16N2O3/c1-2-15(11-6-8-14(18)9-7-11)16-12-4-3-5-13(10-12)17(19)20/h3-10,15-16,18H,2H2,1H3. The molecule has 0 aliphatic rings. The van der Waals surface area contributed by atoms with E-state index in [9.17, 15) is 15.2 Å². The fraction of sp³-hybridized carbons (Fsp3) is 0.200. The van der Waals surface area contributed by atoms with Crippen LogP contribution in [0.15, 0.2) is 48.5 Å². The third kappa shape index (κ3) is 3.26. The van der Waals surface area contributed by atoms with Crippen molar-refractivity contribution in [1.82, 2.24) is 0 Å². The van der Waals surface area contributed by atoms with E-state index in [4.69, 9.17) is 0 Å². The Bertz CT molecular complexity index is 596. The van der Waals surface area contributed by atoms with Crippen molar-refractivity contribution in [1.29, 1.82) is 0 Å². The van der Waals surface area contributed by atoms with E-state index < -0.39 is 4.92 Å². The van der Waals surface area contributed by atoms with E-state index in [0.717, 1.165) is 12.0 Å². The van der Waals surface area contributed by atoms with Gasteiger partial charge in [0.05, 0.1) is 11.0 Å². The Morgan fingerprint density at radius 2 is 1.95 bits per heavy atom. The van der Waals surface area contributed by atoms with E-state index in [0.29, 0.717) is 5.69 Å². The number of non-ortho nitro benzene ring substituents is 1. The summed E-state index contributed by atoms with van der Waals surface area (Å²) < 4.78 is 0. The molecule has 104 valence electrons. The van der Waals surface area contributed by atoms with Gasteiger partial charge in [-0.25, -0.2) is 0 Å². The number of nitrogens with zero attached hydrogens (tertiary/aromatic N) is 1. The van der Waals surface area contributed by atoms with Gasteiger partial charge in [0.25, 0.3) is 5.69 Å². The lowest BCUT2D eigenvalue weighted by atomic mass is 10.0. The third-order valence-corrected chi connectivity index (χ3v) is 3.10. The smallest absolute Gasteiger partial charge is 0.271 e. The molecular weight excluding hydrogens is 256 g/mol. The number of nitro benzene ring substituents is 1. The molecule has 5 nitrogen and oxygen atoms in total. The Hall–Kier alpha value is -2.56. The molecule has 2 aromatic carbocycles. The van der Waals surface area contributed by atoms with Gasteiger partial charge in [-0.15, -0.1) is 0 Å². The number of phenolic OH excluding ortho intramolecular Hbond substituents is 1. The molecule has 0 radical (unpaired) electrons. The topological polar surface area (TPSA) is 75.4 Å². The van der Waals surface area contributed by atoms with Crippen LogP contribution in [0.25, 0.3) is 0 Å². The summed E-state index contributed by atoms with van der Waals surface area (Å²) in [6.45, 7) is 2.03. The van der Waals surface area contributed by atoms with Crippen LogP contribution in [-0.4, -0.2) is 10.0 Å². The van der Waals surface area contributed by atoms with Crippen molar-refractivity contribution >= 4 is 11.4 Å². The SMILES string of the molecule is CCC(Nc1cccc([N+](=O)[O-])c1)c1ccc(O)cc1. The highest BCUT2D eigenvalue weighted by molar-refractivity contribution is 5.52. The van der Waals surface area contributed by atoms with Gasteiger partial charge in [-0.3, -0.25) is 10.1 Å². The van der Waals surface area contributed by atoms with Crippen LogP contribution < -0.4 is 5.32 Å². The van der Waals surface area contributed by atoms with Crippen molar-refractivity contribution in [2.45, 2.75) is 19.4 Å². The minimum Gasteiger partial charge on any atom is -0.508 e. The predicted octanol–water partition coefficient (Wildman–Crippen LogP) is 3.86. The number of nitrogens with one attached hydrogen (secondary N) is 1. The second kappa shape index (κ2) is 6.06. The molecule has 0 aliphatic carbocycles. The average Bonchev–Trinajstić information content (AvgIpc) is 2.46. The van der Waals surface area contributed by atoms with Crippen LogP contribution in [0.5, 0.6) is 5.75 Å². The summed E-state index contributed by atoms with van der Waals surface area (Å²) >= 11 is 0. The number of phenols is 1. The van der Waals surface area contributed by atoms with Crippen molar-refractivity contribution in [3.8, 4) is 5.75 Å². The zero-order chi connectivity index (χ0) is 14.5. The molecule has 0 bridgehead atoms. The van der Waals surface area contributed by atoms with Crippen LogP contribution >= 0.6 is 0 Å². The third-order valence-electron chi connectivity index (χ3n) is 3.10. The number of anilines is 1. The summed E-state index contributed by atoms with van der Waals surface area (Å²) in [5.41, 5.74) is 1.80. The first-order chi connectivity index (χ1) is 9.60. The molecule has 0 saturated carbocycles. The molecule has 0 amide bonds. The number of aromatic hydroxyl groups is 1. The van der Waals surface area contributed by atoms with Crippen molar-refractivity contribution in [3.63, 3.8) is 0 Å².